The summed E-state index contributed by atoms with van der Waals surface area (Å²) in [6, 6.07) is 26.9. The molecule has 2 amide bonds. The molecule has 200 valence electrons. The van der Waals surface area contributed by atoms with Crippen LogP contribution in [0.3, 0.4) is 0 Å². The van der Waals surface area contributed by atoms with E-state index in [4.69, 9.17) is 9.47 Å². The van der Waals surface area contributed by atoms with Crippen LogP contribution in [0.2, 0.25) is 0 Å². The number of hydrogen-bond acceptors (Lipinski definition) is 4. The summed E-state index contributed by atoms with van der Waals surface area (Å²) >= 11 is 0. The Labute approximate surface area is 226 Å². The lowest BCUT2D eigenvalue weighted by molar-refractivity contribution is 0.0219. The molecule has 1 aliphatic heterocycles. The van der Waals surface area contributed by atoms with E-state index in [2.05, 4.69) is 66.4 Å². The molecule has 0 radical (unpaired) electrons. The molecule has 1 saturated heterocycles. The lowest BCUT2D eigenvalue weighted by atomic mass is 9.68. The molecule has 2 aliphatic rings. The van der Waals surface area contributed by atoms with Gasteiger partial charge in [0, 0.05) is 23.2 Å². The van der Waals surface area contributed by atoms with Gasteiger partial charge >= 0.3 is 6.03 Å². The monoisotopic (exact) mass is 513 g/mol. The topological polar surface area (TPSA) is 45.2 Å². The summed E-state index contributed by atoms with van der Waals surface area (Å²) in [6.45, 7) is 1.77. The summed E-state index contributed by atoms with van der Waals surface area (Å²) in [5.74, 6) is 1.64. The molecule has 3 aromatic carbocycles. The van der Waals surface area contributed by atoms with E-state index < -0.39 is 0 Å². The third kappa shape index (κ3) is 4.62. The lowest BCUT2D eigenvalue weighted by Crippen LogP contribution is -2.55. The molecule has 38 heavy (non-hydrogen) atoms. The van der Waals surface area contributed by atoms with Crippen LogP contribution in [-0.4, -0.2) is 61.1 Å². The van der Waals surface area contributed by atoms with Gasteiger partial charge in [0.25, 0.3) is 0 Å². The molecule has 2 fully saturated rings. The van der Waals surface area contributed by atoms with Crippen molar-refractivity contribution in [2.45, 2.75) is 49.9 Å². The zero-order valence-electron chi connectivity index (χ0n) is 23.0. The minimum absolute atomic E-state index is 0.0399. The van der Waals surface area contributed by atoms with Gasteiger partial charge in [0.05, 0.1) is 32.8 Å². The smallest absolute Gasteiger partial charge is 0.321 e. The number of rotatable bonds is 8. The molecule has 6 heteroatoms. The number of carbonyl (C=O) groups is 1. The van der Waals surface area contributed by atoms with Gasteiger partial charge in [-0.05, 0) is 57.5 Å². The molecule has 6 nitrogen and oxygen atoms in total. The summed E-state index contributed by atoms with van der Waals surface area (Å²) in [6.07, 6.45) is 3.84. The highest BCUT2D eigenvalue weighted by Crippen LogP contribution is 2.49. The third-order valence-corrected chi connectivity index (χ3v) is 8.81. The summed E-state index contributed by atoms with van der Waals surface area (Å²) in [7, 11) is 7.75. The molecule has 0 atom stereocenters. The first-order valence-electron chi connectivity index (χ1n) is 13.5. The van der Waals surface area contributed by atoms with Crippen molar-refractivity contribution < 1.29 is 14.3 Å². The second-order valence-corrected chi connectivity index (χ2v) is 10.9. The fourth-order valence-electron chi connectivity index (χ4n) is 6.58. The van der Waals surface area contributed by atoms with Gasteiger partial charge in [0.2, 0.25) is 0 Å². The van der Waals surface area contributed by atoms with Crippen molar-refractivity contribution in [1.82, 2.24) is 14.7 Å². The lowest BCUT2D eigenvalue weighted by Gasteiger charge is -2.51. The first-order valence-corrected chi connectivity index (χ1v) is 13.5. The van der Waals surface area contributed by atoms with E-state index in [1.807, 2.05) is 41.3 Å². The molecule has 1 aliphatic carbocycles. The zero-order valence-corrected chi connectivity index (χ0v) is 23.0. The number of carbonyl (C=O) groups excluding carboxylic acids is 1. The SMILES string of the molecule is COc1ccccc1CN1C[C@]2(CC[C@](c3ccccc3)(N(C)C)CC2)N(Cc2ccccc2OC)C1=O. The number of benzene rings is 3. The number of ether oxygens (including phenoxy) is 2. The highest BCUT2D eigenvalue weighted by atomic mass is 16.5. The third-order valence-electron chi connectivity index (χ3n) is 8.81. The van der Waals surface area contributed by atoms with Gasteiger partial charge in [-0.3, -0.25) is 4.90 Å². The molecule has 1 saturated carbocycles. The van der Waals surface area contributed by atoms with Crippen LogP contribution in [0.1, 0.15) is 42.4 Å². The van der Waals surface area contributed by atoms with E-state index in [-0.39, 0.29) is 17.1 Å². The highest BCUT2D eigenvalue weighted by molar-refractivity contribution is 5.78. The van der Waals surface area contributed by atoms with E-state index in [9.17, 15) is 4.79 Å². The van der Waals surface area contributed by atoms with Crippen LogP contribution >= 0.6 is 0 Å². The van der Waals surface area contributed by atoms with Crippen molar-refractivity contribution in [3.63, 3.8) is 0 Å². The quantitative estimate of drug-likeness (QED) is 0.376. The Morgan fingerprint density at radius 2 is 1.26 bits per heavy atom. The fraction of sp³-hybridized carbons (Fsp3) is 0.406. The number of amides is 2. The van der Waals surface area contributed by atoms with Crippen molar-refractivity contribution in [3.8, 4) is 11.5 Å². The van der Waals surface area contributed by atoms with Gasteiger partial charge in [-0.15, -0.1) is 0 Å². The molecule has 0 bridgehead atoms. The molecular weight excluding hydrogens is 474 g/mol. The van der Waals surface area contributed by atoms with Crippen LogP contribution in [-0.2, 0) is 18.6 Å². The van der Waals surface area contributed by atoms with Crippen LogP contribution in [0.4, 0.5) is 4.79 Å². The van der Waals surface area contributed by atoms with Crippen molar-refractivity contribution in [2.75, 3.05) is 34.9 Å². The molecule has 0 N–H and O–H groups in total. The Morgan fingerprint density at radius 3 is 1.82 bits per heavy atom. The highest BCUT2D eigenvalue weighted by Gasteiger charge is 2.54. The van der Waals surface area contributed by atoms with Gasteiger partial charge in [0.15, 0.2) is 0 Å². The summed E-state index contributed by atoms with van der Waals surface area (Å²) in [4.78, 5) is 20.6. The Balaban J connectivity index is 1.48. The maximum absolute atomic E-state index is 14.1. The second kappa shape index (κ2) is 10.7. The van der Waals surface area contributed by atoms with E-state index >= 15 is 0 Å². The number of para-hydroxylation sites is 2. The standard InChI is InChI=1S/C32H39N3O3/c1-33(2)32(27-14-6-5-7-15-27)20-18-31(19-21-32)24-34(22-25-12-8-10-16-28(25)37-3)30(36)35(31)23-26-13-9-11-17-29(26)38-4/h5-17H,18-24H2,1-4H3/t31-,32+. The molecule has 1 spiro atoms. The van der Waals surface area contributed by atoms with Crippen LogP contribution in [0.5, 0.6) is 11.5 Å². The van der Waals surface area contributed by atoms with Gasteiger partial charge < -0.3 is 19.3 Å². The van der Waals surface area contributed by atoms with E-state index in [1.54, 1.807) is 14.2 Å². The zero-order chi connectivity index (χ0) is 26.8. The average Bonchev–Trinajstić information content (AvgIpc) is 3.20. The number of urea groups is 1. The van der Waals surface area contributed by atoms with Crippen LogP contribution in [0, 0.1) is 0 Å². The summed E-state index contributed by atoms with van der Waals surface area (Å²) < 4.78 is 11.3. The predicted octanol–water partition coefficient (Wildman–Crippen LogP) is 5.91. The number of methoxy groups -OCH3 is 2. The van der Waals surface area contributed by atoms with Crippen molar-refractivity contribution in [2.24, 2.45) is 0 Å². The van der Waals surface area contributed by atoms with Crippen molar-refractivity contribution >= 4 is 6.03 Å². The number of hydrogen-bond donors (Lipinski definition) is 0. The van der Waals surface area contributed by atoms with E-state index in [0.29, 0.717) is 19.6 Å². The Kier molecular flexibility index (Phi) is 7.35. The minimum Gasteiger partial charge on any atom is -0.496 e. The maximum Gasteiger partial charge on any atom is 0.321 e. The molecule has 0 aromatic heterocycles. The normalized spacial score (nSPS) is 23.3. The largest absolute Gasteiger partial charge is 0.496 e. The van der Waals surface area contributed by atoms with E-state index in [1.165, 1.54) is 5.56 Å². The van der Waals surface area contributed by atoms with E-state index in [0.717, 1.165) is 48.3 Å². The molecule has 3 aromatic rings. The summed E-state index contributed by atoms with van der Waals surface area (Å²) in [5.41, 5.74) is 3.14. The predicted molar refractivity (Wildman–Crippen MR) is 150 cm³/mol. The molecule has 5 rings (SSSR count). The molecule has 1 heterocycles. The first-order chi connectivity index (χ1) is 18.4. The van der Waals surface area contributed by atoms with Crippen LogP contribution in [0.25, 0.3) is 0 Å². The Morgan fingerprint density at radius 1 is 0.737 bits per heavy atom. The van der Waals surface area contributed by atoms with Crippen LogP contribution < -0.4 is 9.47 Å². The van der Waals surface area contributed by atoms with Crippen molar-refractivity contribution in [3.05, 3.63) is 95.6 Å². The van der Waals surface area contributed by atoms with Gasteiger partial charge in [-0.25, -0.2) is 4.79 Å². The van der Waals surface area contributed by atoms with Gasteiger partial charge in [0.1, 0.15) is 11.5 Å². The van der Waals surface area contributed by atoms with Gasteiger partial charge in [-0.2, -0.15) is 0 Å². The Hall–Kier alpha value is -3.51. The van der Waals surface area contributed by atoms with Crippen molar-refractivity contribution in [1.29, 1.82) is 0 Å². The average molecular weight is 514 g/mol. The van der Waals surface area contributed by atoms with Gasteiger partial charge in [-0.1, -0.05) is 66.7 Å². The van der Waals surface area contributed by atoms with Crippen LogP contribution in [0.15, 0.2) is 78.9 Å². The first kappa shape index (κ1) is 26.1. The summed E-state index contributed by atoms with van der Waals surface area (Å²) in [5, 5.41) is 0. The number of nitrogens with zero attached hydrogens (tertiary/aromatic N) is 3. The molecule has 0 unspecified atom stereocenters. The maximum atomic E-state index is 14.1. The fourth-order valence-corrected chi connectivity index (χ4v) is 6.58. The minimum atomic E-state index is -0.242. The second-order valence-electron chi connectivity index (χ2n) is 10.9. The Bertz CT molecular complexity index is 1250. The molecular formula is C32H39N3O3.